The molecule has 0 atom stereocenters. The number of ether oxygens (including phenoxy) is 1. The Bertz CT molecular complexity index is 898. The van der Waals surface area contributed by atoms with E-state index in [-0.39, 0.29) is 11.7 Å². The Labute approximate surface area is 150 Å². The van der Waals surface area contributed by atoms with Gasteiger partial charge in [0.05, 0.1) is 24.6 Å². The van der Waals surface area contributed by atoms with Crippen molar-refractivity contribution in [2.45, 2.75) is 6.54 Å². The predicted molar refractivity (Wildman–Crippen MR) is 98.9 cm³/mol. The summed E-state index contributed by atoms with van der Waals surface area (Å²) >= 11 is 0. The van der Waals surface area contributed by atoms with Crippen LogP contribution in [0.4, 0.5) is 15.9 Å². The molecule has 132 valence electrons. The van der Waals surface area contributed by atoms with Crippen LogP contribution in [0.15, 0.2) is 66.9 Å². The SMILES string of the molecule is COc1ccccc1C(=O)Nc1ccc(NCc2ccccc2F)cn1. The maximum Gasteiger partial charge on any atom is 0.260 e. The quantitative estimate of drug-likeness (QED) is 0.702. The number of amides is 1. The van der Waals surface area contributed by atoms with E-state index in [0.717, 1.165) is 5.69 Å². The molecule has 0 spiro atoms. The number of pyridine rings is 1. The molecule has 5 nitrogen and oxygen atoms in total. The molecule has 2 aromatic carbocycles. The van der Waals surface area contributed by atoms with Gasteiger partial charge in [-0.1, -0.05) is 30.3 Å². The van der Waals surface area contributed by atoms with Crippen molar-refractivity contribution in [1.82, 2.24) is 4.98 Å². The summed E-state index contributed by atoms with van der Waals surface area (Å²) in [6.45, 7) is 0.348. The Morgan fingerprint density at radius 3 is 2.58 bits per heavy atom. The molecule has 2 N–H and O–H groups in total. The van der Waals surface area contributed by atoms with Crippen molar-refractivity contribution in [3.63, 3.8) is 0 Å². The fraction of sp³-hybridized carbons (Fsp3) is 0.100. The zero-order chi connectivity index (χ0) is 18.4. The second kappa shape index (κ2) is 8.11. The third-order valence-corrected chi connectivity index (χ3v) is 3.80. The number of anilines is 2. The molecular weight excluding hydrogens is 333 g/mol. The minimum absolute atomic E-state index is 0.256. The number of hydrogen-bond donors (Lipinski definition) is 2. The molecule has 6 heteroatoms. The van der Waals surface area contributed by atoms with Gasteiger partial charge in [-0.25, -0.2) is 9.37 Å². The highest BCUT2D eigenvalue weighted by molar-refractivity contribution is 6.05. The summed E-state index contributed by atoms with van der Waals surface area (Å²) in [5.74, 6) is 0.348. The number of benzene rings is 2. The first-order valence-electron chi connectivity index (χ1n) is 8.05. The topological polar surface area (TPSA) is 63.2 Å². The van der Waals surface area contributed by atoms with Crippen LogP contribution >= 0.6 is 0 Å². The van der Waals surface area contributed by atoms with Gasteiger partial charge in [-0.3, -0.25) is 4.79 Å². The third kappa shape index (κ3) is 4.16. The average molecular weight is 351 g/mol. The van der Waals surface area contributed by atoms with Crippen molar-refractivity contribution >= 4 is 17.4 Å². The van der Waals surface area contributed by atoms with E-state index in [1.807, 2.05) is 0 Å². The van der Waals surface area contributed by atoms with Gasteiger partial charge in [-0.05, 0) is 30.3 Å². The lowest BCUT2D eigenvalue weighted by Crippen LogP contribution is -2.14. The molecule has 0 aliphatic carbocycles. The summed E-state index contributed by atoms with van der Waals surface area (Å²) < 4.78 is 18.8. The molecule has 0 saturated heterocycles. The molecule has 1 amide bonds. The smallest absolute Gasteiger partial charge is 0.260 e. The van der Waals surface area contributed by atoms with E-state index in [2.05, 4.69) is 15.6 Å². The van der Waals surface area contributed by atoms with E-state index < -0.39 is 0 Å². The molecule has 0 saturated carbocycles. The van der Waals surface area contributed by atoms with Crippen LogP contribution in [0.5, 0.6) is 5.75 Å². The zero-order valence-electron chi connectivity index (χ0n) is 14.2. The van der Waals surface area contributed by atoms with Gasteiger partial charge in [0, 0.05) is 12.1 Å². The molecule has 0 radical (unpaired) electrons. The van der Waals surface area contributed by atoms with Crippen molar-refractivity contribution in [1.29, 1.82) is 0 Å². The number of halogens is 1. The van der Waals surface area contributed by atoms with E-state index in [9.17, 15) is 9.18 Å². The van der Waals surface area contributed by atoms with Crippen LogP contribution in [-0.2, 0) is 6.54 Å². The van der Waals surface area contributed by atoms with Crippen LogP contribution in [0.2, 0.25) is 0 Å². The molecule has 1 heterocycles. The minimum atomic E-state index is -0.304. The molecule has 3 rings (SSSR count). The molecule has 0 aliphatic heterocycles. The second-order valence-electron chi connectivity index (χ2n) is 5.53. The summed E-state index contributed by atoms with van der Waals surface area (Å²) in [6.07, 6.45) is 1.58. The average Bonchev–Trinajstić information content (AvgIpc) is 2.68. The van der Waals surface area contributed by atoms with Gasteiger partial charge < -0.3 is 15.4 Å². The zero-order valence-corrected chi connectivity index (χ0v) is 14.2. The van der Waals surface area contributed by atoms with E-state index >= 15 is 0 Å². The van der Waals surface area contributed by atoms with Gasteiger partial charge in [0.25, 0.3) is 5.91 Å². The highest BCUT2D eigenvalue weighted by Gasteiger charge is 2.12. The summed E-state index contributed by atoms with van der Waals surface area (Å²) in [6, 6.07) is 17.0. The molecule has 0 fully saturated rings. The number of nitrogens with one attached hydrogen (secondary N) is 2. The Morgan fingerprint density at radius 1 is 1.08 bits per heavy atom. The number of hydrogen-bond acceptors (Lipinski definition) is 4. The van der Waals surface area contributed by atoms with E-state index in [0.29, 0.717) is 29.2 Å². The van der Waals surface area contributed by atoms with E-state index in [1.165, 1.54) is 13.2 Å². The molecule has 1 aromatic heterocycles. The molecule has 0 aliphatic rings. The van der Waals surface area contributed by atoms with Gasteiger partial charge >= 0.3 is 0 Å². The first-order chi connectivity index (χ1) is 12.7. The third-order valence-electron chi connectivity index (χ3n) is 3.80. The normalized spacial score (nSPS) is 10.2. The van der Waals surface area contributed by atoms with Crippen LogP contribution in [-0.4, -0.2) is 18.0 Å². The first-order valence-corrected chi connectivity index (χ1v) is 8.05. The summed E-state index contributed by atoms with van der Waals surface area (Å²) in [7, 11) is 1.51. The van der Waals surface area contributed by atoms with Crippen molar-refractivity contribution in [2.24, 2.45) is 0 Å². The number of rotatable bonds is 6. The summed E-state index contributed by atoms with van der Waals surface area (Å²) in [5.41, 5.74) is 1.73. The number of para-hydroxylation sites is 1. The van der Waals surface area contributed by atoms with Gasteiger partial charge in [-0.15, -0.1) is 0 Å². The van der Waals surface area contributed by atoms with Crippen LogP contribution in [0.1, 0.15) is 15.9 Å². The second-order valence-corrected chi connectivity index (χ2v) is 5.53. The molecule has 0 unspecified atom stereocenters. The molecular formula is C20H18FN3O2. The monoisotopic (exact) mass is 351 g/mol. The van der Waals surface area contributed by atoms with E-state index in [1.54, 1.807) is 60.8 Å². The Balaban J connectivity index is 1.62. The Kier molecular flexibility index (Phi) is 5.43. The number of carbonyl (C=O) groups is 1. The van der Waals surface area contributed by atoms with Crippen LogP contribution < -0.4 is 15.4 Å². The molecule has 3 aromatic rings. The Morgan fingerprint density at radius 2 is 1.85 bits per heavy atom. The largest absolute Gasteiger partial charge is 0.496 e. The number of nitrogens with zero attached hydrogens (tertiary/aromatic N) is 1. The standard InChI is InChI=1S/C20H18FN3O2/c1-26-18-9-5-3-7-16(18)20(25)24-19-11-10-15(13-23-19)22-12-14-6-2-4-8-17(14)21/h2-11,13,22H,12H2,1H3,(H,23,24,25). The van der Waals surface area contributed by atoms with Gasteiger partial charge in [0.15, 0.2) is 0 Å². The minimum Gasteiger partial charge on any atom is -0.496 e. The van der Waals surface area contributed by atoms with Crippen molar-refractivity contribution in [2.75, 3.05) is 17.7 Å². The van der Waals surface area contributed by atoms with E-state index in [4.69, 9.17) is 4.74 Å². The number of methoxy groups -OCH3 is 1. The fourth-order valence-corrected chi connectivity index (χ4v) is 2.43. The lowest BCUT2D eigenvalue weighted by molar-refractivity contribution is 0.102. The summed E-state index contributed by atoms with van der Waals surface area (Å²) in [5, 5.41) is 5.82. The maximum atomic E-state index is 13.6. The lowest BCUT2D eigenvalue weighted by atomic mass is 10.2. The highest BCUT2D eigenvalue weighted by Crippen LogP contribution is 2.19. The van der Waals surface area contributed by atoms with Crippen LogP contribution in [0, 0.1) is 5.82 Å². The Hall–Kier alpha value is -3.41. The lowest BCUT2D eigenvalue weighted by Gasteiger charge is -2.10. The number of carbonyl (C=O) groups excluding carboxylic acids is 1. The van der Waals surface area contributed by atoms with Crippen LogP contribution in [0.25, 0.3) is 0 Å². The molecule has 26 heavy (non-hydrogen) atoms. The summed E-state index contributed by atoms with van der Waals surface area (Å²) in [4.78, 5) is 16.5. The predicted octanol–water partition coefficient (Wildman–Crippen LogP) is 4.09. The fourth-order valence-electron chi connectivity index (χ4n) is 2.43. The van der Waals surface area contributed by atoms with Gasteiger partial charge in [-0.2, -0.15) is 0 Å². The van der Waals surface area contributed by atoms with Crippen molar-refractivity contribution in [3.05, 3.63) is 83.8 Å². The highest BCUT2D eigenvalue weighted by atomic mass is 19.1. The number of aromatic nitrogens is 1. The first kappa shape index (κ1) is 17.4. The van der Waals surface area contributed by atoms with Gasteiger partial charge in [0.1, 0.15) is 17.4 Å². The van der Waals surface area contributed by atoms with Crippen molar-refractivity contribution < 1.29 is 13.9 Å². The van der Waals surface area contributed by atoms with Crippen LogP contribution in [0.3, 0.4) is 0 Å². The molecule has 0 bridgehead atoms. The maximum absolute atomic E-state index is 13.6. The van der Waals surface area contributed by atoms with Gasteiger partial charge in [0.2, 0.25) is 0 Å². The van der Waals surface area contributed by atoms with Crippen molar-refractivity contribution in [3.8, 4) is 5.75 Å².